The van der Waals surface area contributed by atoms with Gasteiger partial charge in [-0.2, -0.15) is 11.8 Å². The molecule has 0 aliphatic heterocycles. The zero-order chi connectivity index (χ0) is 8.91. The van der Waals surface area contributed by atoms with Crippen LogP contribution in [0.25, 0.3) is 0 Å². The van der Waals surface area contributed by atoms with Crippen molar-refractivity contribution in [1.82, 2.24) is 0 Å². The van der Waals surface area contributed by atoms with Gasteiger partial charge in [0.1, 0.15) is 9.84 Å². The Labute approximate surface area is 73.7 Å². The summed E-state index contributed by atoms with van der Waals surface area (Å²) in [5, 5.41) is 0. The molecule has 11 heavy (non-hydrogen) atoms. The first-order valence-corrected chi connectivity index (χ1v) is 6.92. The Balaban J connectivity index is 3.84. The highest BCUT2D eigenvalue weighted by Gasteiger charge is 2.12. The number of sulfone groups is 1. The Morgan fingerprint density at radius 3 is 2.36 bits per heavy atom. The zero-order valence-electron chi connectivity index (χ0n) is 7.33. The molecule has 1 atom stereocenters. The largest absolute Gasteiger partial charge is 0.229 e. The smallest absolute Gasteiger partial charge is 0.150 e. The maximum atomic E-state index is 11.1. The van der Waals surface area contributed by atoms with E-state index < -0.39 is 9.84 Å². The van der Waals surface area contributed by atoms with Gasteiger partial charge in [0.05, 0.1) is 5.75 Å². The van der Waals surface area contributed by atoms with Gasteiger partial charge in [-0.1, -0.05) is 13.8 Å². The van der Waals surface area contributed by atoms with Crippen LogP contribution < -0.4 is 0 Å². The van der Waals surface area contributed by atoms with Crippen LogP contribution in [0.15, 0.2) is 0 Å². The summed E-state index contributed by atoms with van der Waals surface area (Å²) in [7, 11) is -2.75. The van der Waals surface area contributed by atoms with E-state index >= 15 is 0 Å². The van der Waals surface area contributed by atoms with E-state index in [4.69, 9.17) is 0 Å². The van der Waals surface area contributed by atoms with Crippen molar-refractivity contribution in [3.8, 4) is 0 Å². The second-order valence-electron chi connectivity index (χ2n) is 2.76. The molecule has 0 spiro atoms. The topological polar surface area (TPSA) is 34.1 Å². The molecule has 2 nitrogen and oxygen atoms in total. The van der Waals surface area contributed by atoms with Crippen molar-refractivity contribution in [3.05, 3.63) is 0 Å². The highest BCUT2D eigenvalue weighted by molar-refractivity contribution is 7.98. The molecule has 0 saturated carbocycles. The van der Waals surface area contributed by atoms with Crippen LogP contribution in [0.1, 0.15) is 13.8 Å². The predicted octanol–water partition coefficient (Wildman–Crippen LogP) is 1.42. The first kappa shape index (κ1) is 11.3. The van der Waals surface area contributed by atoms with Gasteiger partial charge in [0.2, 0.25) is 0 Å². The van der Waals surface area contributed by atoms with Gasteiger partial charge in [-0.15, -0.1) is 0 Å². The van der Waals surface area contributed by atoms with Crippen molar-refractivity contribution in [3.63, 3.8) is 0 Å². The molecule has 0 N–H and O–H groups in total. The molecule has 0 aromatic heterocycles. The maximum Gasteiger partial charge on any atom is 0.150 e. The van der Waals surface area contributed by atoms with Gasteiger partial charge in [-0.3, -0.25) is 0 Å². The van der Waals surface area contributed by atoms with Gasteiger partial charge in [-0.05, 0) is 17.9 Å². The van der Waals surface area contributed by atoms with Crippen LogP contribution in [0.5, 0.6) is 0 Å². The zero-order valence-corrected chi connectivity index (χ0v) is 8.96. The summed E-state index contributed by atoms with van der Waals surface area (Å²) in [6.07, 6.45) is 2.00. The van der Waals surface area contributed by atoms with E-state index in [1.807, 2.05) is 13.2 Å². The lowest BCUT2D eigenvalue weighted by atomic mass is 10.3. The number of rotatable bonds is 5. The summed E-state index contributed by atoms with van der Waals surface area (Å²) < 4.78 is 22.2. The van der Waals surface area contributed by atoms with E-state index in [-0.39, 0.29) is 11.7 Å². The van der Waals surface area contributed by atoms with Gasteiger partial charge in [0.15, 0.2) is 0 Å². The van der Waals surface area contributed by atoms with E-state index in [0.717, 1.165) is 5.75 Å². The van der Waals surface area contributed by atoms with Gasteiger partial charge < -0.3 is 0 Å². The molecule has 0 aromatic carbocycles. The summed E-state index contributed by atoms with van der Waals surface area (Å²) in [6, 6.07) is 0. The fourth-order valence-electron chi connectivity index (χ4n) is 0.884. The van der Waals surface area contributed by atoms with Crippen LogP contribution in [-0.2, 0) is 9.84 Å². The number of hydrogen-bond donors (Lipinski definition) is 0. The van der Waals surface area contributed by atoms with E-state index in [1.54, 1.807) is 18.7 Å². The predicted molar refractivity (Wildman–Crippen MR) is 51.9 cm³/mol. The minimum Gasteiger partial charge on any atom is -0.229 e. The standard InChI is InChI=1S/C7H16O2S2/c1-4-11(8,9)6-7(2)5-10-3/h7H,4-6H2,1-3H3. The lowest BCUT2D eigenvalue weighted by molar-refractivity contribution is 0.585. The van der Waals surface area contributed by atoms with E-state index in [2.05, 4.69) is 0 Å². The summed E-state index contributed by atoms with van der Waals surface area (Å²) in [4.78, 5) is 0. The lowest BCUT2D eigenvalue weighted by Crippen LogP contribution is -2.16. The second-order valence-corrected chi connectivity index (χ2v) is 6.07. The second kappa shape index (κ2) is 5.04. The molecular formula is C7H16O2S2. The summed E-state index contributed by atoms with van der Waals surface area (Å²) >= 11 is 1.70. The Hall–Kier alpha value is 0.300. The third-order valence-electron chi connectivity index (χ3n) is 1.43. The molecule has 0 heterocycles. The van der Waals surface area contributed by atoms with Gasteiger partial charge in [0, 0.05) is 5.75 Å². The van der Waals surface area contributed by atoms with Crippen molar-refractivity contribution in [2.75, 3.05) is 23.5 Å². The molecule has 0 aromatic rings. The monoisotopic (exact) mass is 196 g/mol. The first-order chi connectivity index (χ1) is 5.02. The van der Waals surface area contributed by atoms with Crippen molar-refractivity contribution in [2.24, 2.45) is 5.92 Å². The van der Waals surface area contributed by atoms with Gasteiger partial charge >= 0.3 is 0 Å². The third kappa shape index (κ3) is 5.56. The molecule has 0 amide bonds. The molecule has 68 valence electrons. The average Bonchev–Trinajstić information content (AvgIpc) is 1.87. The summed E-state index contributed by atoms with van der Waals surface area (Å²) in [6.45, 7) is 3.67. The normalized spacial score (nSPS) is 14.8. The molecule has 0 fully saturated rings. The molecule has 4 heteroatoms. The van der Waals surface area contributed by atoms with Crippen LogP contribution in [0.3, 0.4) is 0 Å². The van der Waals surface area contributed by atoms with Crippen molar-refractivity contribution >= 4 is 21.6 Å². The molecule has 0 saturated heterocycles. The van der Waals surface area contributed by atoms with Crippen molar-refractivity contribution in [1.29, 1.82) is 0 Å². The molecule has 0 aliphatic carbocycles. The molecule has 0 bridgehead atoms. The highest BCUT2D eigenvalue weighted by Crippen LogP contribution is 2.07. The van der Waals surface area contributed by atoms with Crippen LogP contribution in [0.4, 0.5) is 0 Å². The maximum absolute atomic E-state index is 11.1. The summed E-state index contributed by atoms with van der Waals surface area (Å²) in [5.41, 5.74) is 0. The third-order valence-corrected chi connectivity index (χ3v) is 4.29. The average molecular weight is 196 g/mol. The van der Waals surface area contributed by atoms with E-state index in [9.17, 15) is 8.42 Å². The SMILES string of the molecule is CCS(=O)(=O)CC(C)CSC. The molecule has 1 unspecified atom stereocenters. The quantitative estimate of drug-likeness (QED) is 0.667. The molecular weight excluding hydrogens is 180 g/mol. The van der Waals surface area contributed by atoms with Crippen LogP contribution >= 0.6 is 11.8 Å². The lowest BCUT2D eigenvalue weighted by Gasteiger charge is -2.08. The van der Waals surface area contributed by atoms with Crippen LogP contribution in [-0.4, -0.2) is 31.9 Å². The first-order valence-electron chi connectivity index (χ1n) is 3.71. The molecule has 0 rings (SSSR count). The van der Waals surface area contributed by atoms with Crippen molar-refractivity contribution in [2.45, 2.75) is 13.8 Å². The number of thioether (sulfide) groups is 1. The molecule has 0 radical (unpaired) electrons. The fraction of sp³-hybridized carbons (Fsp3) is 1.00. The minimum atomic E-state index is -2.75. The summed E-state index contributed by atoms with van der Waals surface area (Å²) in [5.74, 6) is 1.82. The molecule has 0 aliphatic rings. The Bertz CT molecular complexity index is 185. The van der Waals surface area contributed by atoms with E-state index in [1.165, 1.54) is 0 Å². The Morgan fingerprint density at radius 1 is 1.45 bits per heavy atom. The highest BCUT2D eigenvalue weighted by atomic mass is 32.2. The van der Waals surface area contributed by atoms with Crippen LogP contribution in [0, 0.1) is 5.92 Å². The minimum absolute atomic E-state index is 0.270. The number of hydrogen-bond acceptors (Lipinski definition) is 3. The Morgan fingerprint density at radius 2 is 2.00 bits per heavy atom. The van der Waals surface area contributed by atoms with Crippen LogP contribution in [0.2, 0.25) is 0 Å². The van der Waals surface area contributed by atoms with Gasteiger partial charge in [-0.25, -0.2) is 8.42 Å². The van der Waals surface area contributed by atoms with Crippen molar-refractivity contribution < 1.29 is 8.42 Å². The Kier molecular flexibility index (Phi) is 5.17. The fourth-order valence-corrected chi connectivity index (χ4v) is 2.94. The van der Waals surface area contributed by atoms with Gasteiger partial charge in [0.25, 0.3) is 0 Å². The van der Waals surface area contributed by atoms with E-state index in [0.29, 0.717) is 5.75 Å².